The highest BCUT2D eigenvalue weighted by Crippen LogP contribution is 2.29. The van der Waals surface area contributed by atoms with Crippen LogP contribution in [0.2, 0.25) is 0 Å². The van der Waals surface area contributed by atoms with Crippen LogP contribution in [0.1, 0.15) is 22.9 Å². The summed E-state index contributed by atoms with van der Waals surface area (Å²) in [5.74, 6) is -0.997. The summed E-state index contributed by atoms with van der Waals surface area (Å²) in [6.07, 6.45) is 1.35. The van der Waals surface area contributed by atoms with Crippen molar-refractivity contribution in [2.24, 2.45) is 5.73 Å². The second-order valence-corrected chi connectivity index (χ2v) is 4.41. The first kappa shape index (κ1) is 15.1. The summed E-state index contributed by atoms with van der Waals surface area (Å²) in [5.41, 5.74) is 6.67. The van der Waals surface area contributed by atoms with Gasteiger partial charge in [0.25, 0.3) is 0 Å². The number of ether oxygens (including phenoxy) is 2. The summed E-state index contributed by atoms with van der Waals surface area (Å²) < 4.78 is 37.3. The highest BCUT2D eigenvalue weighted by atomic mass is 19.1. The van der Waals surface area contributed by atoms with Gasteiger partial charge in [-0.25, -0.2) is 13.8 Å². The Morgan fingerprint density at radius 1 is 1.14 bits per heavy atom. The lowest BCUT2D eigenvalue weighted by atomic mass is 10.0. The standard InChI is InChI=1S/C14H15F2N3O2/c1-7-4-8(10(16)5-9(7)15)12(17)13-14(21-3)19-11(20-2)6-18-13/h4-6,12H,17H2,1-3H3. The van der Waals surface area contributed by atoms with Crippen molar-refractivity contribution in [2.75, 3.05) is 14.2 Å². The van der Waals surface area contributed by atoms with E-state index in [1.54, 1.807) is 0 Å². The van der Waals surface area contributed by atoms with E-state index in [4.69, 9.17) is 15.2 Å². The number of nitrogens with two attached hydrogens (primary N) is 1. The first-order chi connectivity index (χ1) is 9.97. The van der Waals surface area contributed by atoms with Crippen molar-refractivity contribution in [3.05, 3.63) is 46.8 Å². The van der Waals surface area contributed by atoms with E-state index in [1.165, 1.54) is 33.4 Å². The normalized spacial score (nSPS) is 12.1. The van der Waals surface area contributed by atoms with Crippen molar-refractivity contribution in [2.45, 2.75) is 13.0 Å². The van der Waals surface area contributed by atoms with Crippen LogP contribution in [-0.2, 0) is 0 Å². The molecule has 2 aromatic rings. The van der Waals surface area contributed by atoms with Crippen molar-refractivity contribution in [3.63, 3.8) is 0 Å². The molecule has 0 saturated heterocycles. The van der Waals surface area contributed by atoms with E-state index in [0.717, 1.165) is 6.07 Å². The number of aryl methyl sites for hydroxylation is 1. The van der Waals surface area contributed by atoms with Gasteiger partial charge >= 0.3 is 0 Å². The first-order valence-corrected chi connectivity index (χ1v) is 6.14. The highest BCUT2D eigenvalue weighted by molar-refractivity contribution is 5.37. The second kappa shape index (κ2) is 6.01. The summed E-state index contributed by atoms with van der Waals surface area (Å²) >= 11 is 0. The summed E-state index contributed by atoms with van der Waals surface area (Å²) in [6, 6.07) is 1.21. The lowest BCUT2D eigenvalue weighted by Crippen LogP contribution is -2.17. The molecule has 7 heteroatoms. The molecule has 1 aromatic heterocycles. The van der Waals surface area contributed by atoms with Crippen molar-refractivity contribution in [1.82, 2.24) is 9.97 Å². The van der Waals surface area contributed by atoms with E-state index in [0.29, 0.717) is 5.56 Å². The quantitative estimate of drug-likeness (QED) is 0.935. The zero-order valence-electron chi connectivity index (χ0n) is 11.9. The molecule has 2 N–H and O–H groups in total. The molecule has 0 radical (unpaired) electrons. The maximum atomic E-state index is 13.9. The largest absolute Gasteiger partial charge is 0.480 e. The average Bonchev–Trinajstić information content (AvgIpc) is 2.49. The SMILES string of the molecule is COc1cnc(C(N)c2cc(C)c(F)cc2F)c(OC)n1. The van der Waals surface area contributed by atoms with Gasteiger partial charge in [0.1, 0.15) is 17.3 Å². The van der Waals surface area contributed by atoms with Crippen LogP contribution in [0.25, 0.3) is 0 Å². The van der Waals surface area contributed by atoms with Gasteiger partial charge in [-0.15, -0.1) is 0 Å². The van der Waals surface area contributed by atoms with Crippen LogP contribution in [0.5, 0.6) is 11.8 Å². The Morgan fingerprint density at radius 2 is 1.86 bits per heavy atom. The van der Waals surface area contributed by atoms with Gasteiger partial charge in [-0.1, -0.05) is 0 Å². The number of aromatic nitrogens is 2. The van der Waals surface area contributed by atoms with Crippen LogP contribution in [0.4, 0.5) is 8.78 Å². The molecule has 1 heterocycles. The van der Waals surface area contributed by atoms with Crippen LogP contribution in [0, 0.1) is 18.6 Å². The molecule has 5 nitrogen and oxygen atoms in total. The second-order valence-electron chi connectivity index (χ2n) is 4.41. The average molecular weight is 295 g/mol. The van der Waals surface area contributed by atoms with Gasteiger partial charge in [0.2, 0.25) is 11.8 Å². The van der Waals surface area contributed by atoms with E-state index in [-0.39, 0.29) is 23.0 Å². The summed E-state index contributed by atoms with van der Waals surface area (Å²) in [4.78, 5) is 8.13. The van der Waals surface area contributed by atoms with E-state index in [9.17, 15) is 8.78 Å². The smallest absolute Gasteiger partial charge is 0.240 e. The molecule has 0 saturated carbocycles. The van der Waals surface area contributed by atoms with Crippen molar-refractivity contribution in [3.8, 4) is 11.8 Å². The molecule has 112 valence electrons. The predicted molar refractivity (Wildman–Crippen MR) is 72.3 cm³/mol. The molecule has 1 atom stereocenters. The number of methoxy groups -OCH3 is 2. The molecule has 21 heavy (non-hydrogen) atoms. The topological polar surface area (TPSA) is 70.3 Å². The van der Waals surface area contributed by atoms with Crippen molar-refractivity contribution < 1.29 is 18.3 Å². The van der Waals surface area contributed by atoms with Crippen LogP contribution in [0.3, 0.4) is 0 Å². The molecule has 0 bridgehead atoms. The number of benzene rings is 1. The Labute approximate surface area is 120 Å². The van der Waals surface area contributed by atoms with Gasteiger partial charge < -0.3 is 15.2 Å². The van der Waals surface area contributed by atoms with Crippen LogP contribution in [-0.4, -0.2) is 24.2 Å². The fourth-order valence-electron chi connectivity index (χ4n) is 1.89. The molecule has 1 unspecified atom stereocenters. The van der Waals surface area contributed by atoms with E-state index < -0.39 is 17.7 Å². The number of rotatable bonds is 4. The Balaban J connectivity index is 2.49. The monoisotopic (exact) mass is 295 g/mol. The molecular formula is C14H15F2N3O2. The summed E-state index contributed by atoms with van der Waals surface area (Å²) in [5, 5.41) is 0. The summed E-state index contributed by atoms with van der Waals surface area (Å²) in [6.45, 7) is 1.53. The molecule has 0 fully saturated rings. The van der Waals surface area contributed by atoms with Crippen molar-refractivity contribution >= 4 is 0 Å². The van der Waals surface area contributed by atoms with Gasteiger partial charge in [-0.3, -0.25) is 0 Å². The number of hydrogen-bond acceptors (Lipinski definition) is 5. The van der Waals surface area contributed by atoms with E-state index >= 15 is 0 Å². The fraction of sp³-hybridized carbons (Fsp3) is 0.286. The van der Waals surface area contributed by atoms with Gasteiger partial charge in [0, 0.05) is 11.6 Å². The molecular weight excluding hydrogens is 280 g/mol. The minimum Gasteiger partial charge on any atom is -0.480 e. The molecule has 0 amide bonds. The van der Waals surface area contributed by atoms with Gasteiger partial charge in [0.05, 0.1) is 26.5 Å². The Kier molecular flexibility index (Phi) is 4.32. The van der Waals surface area contributed by atoms with E-state index in [2.05, 4.69) is 9.97 Å². The Bertz CT molecular complexity index is 665. The Hall–Kier alpha value is -2.28. The molecule has 2 rings (SSSR count). The lowest BCUT2D eigenvalue weighted by Gasteiger charge is -2.16. The number of halogens is 2. The van der Waals surface area contributed by atoms with Crippen LogP contribution in [0.15, 0.2) is 18.3 Å². The van der Waals surface area contributed by atoms with Crippen molar-refractivity contribution in [1.29, 1.82) is 0 Å². The van der Waals surface area contributed by atoms with Crippen LogP contribution < -0.4 is 15.2 Å². The van der Waals surface area contributed by atoms with Crippen LogP contribution >= 0.6 is 0 Å². The minimum atomic E-state index is -0.933. The molecule has 0 aliphatic rings. The summed E-state index contributed by atoms with van der Waals surface area (Å²) in [7, 11) is 2.83. The third-order valence-electron chi connectivity index (χ3n) is 3.06. The predicted octanol–water partition coefficient (Wildman–Crippen LogP) is 2.13. The third-order valence-corrected chi connectivity index (χ3v) is 3.06. The number of nitrogens with zero attached hydrogens (tertiary/aromatic N) is 2. The first-order valence-electron chi connectivity index (χ1n) is 6.14. The maximum absolute atomic E-state index is 13.9. The molecule has 0 aliphatic carbocycles. The fourth-order valence-corrected chi connectivity index (χ4v) is 1.89. The lowest BCUT2D eigenvalue weighted by molar-refractivity contribution is 0.355. The zero-order valence-corrected chi connectivity index (χ0v) is 11.9. The van der Waals surface area contributed by atoms with Gasteiger partial charge in [-0.2, -0.15) is 4.98 Å². The molecule has 0 spiro atoms. The van der Waals surface area contributed by atoms with Gasteiger partial charge in [0.15, 0.2) is 0 Å². The molecule has 1 aromatic carbocycles. The maximum Gasteiger partial charge on any atom is 0.240 e. The Morgan fingerprint density at radius 3 is 2.48 bits per heavy atom. The minimum absolute atomic E-state index is 0.117. The zero-order chi connectivity index (χ0) is 15.6. The highest BCUT2D eigenvalue weighted by Gasteiger charge is 2.22. The van der Waals surface area contributed by atoms with E-state index in [1.807, 2.05) is 0 Å². The number of hydrogen-bond donors (Lipinski definition) is 1. The van der Waals surface area contributed by atoms with Gasteiger partial charge in [-0.05, 0) is 18.6 Å². The molecule has 0 aliphatic heterocycles. The third kappa shape index (κ3) is 2.92.